The summed E-state index contributed by atoms with van der Waals surface area (Å²) in [4.78, 5) is 11.5. The molecule has 0 saturated heterocycles. The van der Waals surface area contributed by atoms with Crippen molar-refractivity contribution in [2.75, 3.05) is 5.33 Å². The second-order valence-corrected chi connectivity index (χ2v) is 11.7. The molecule has 176 valence electrons. The summed E-state index contributed by atoms with van der Waals surface area (Å²) in [5.41, 5.74) is 1.13. The van der Waals surface area contributed by atoms with E-state index in [9.17, 15) is 22.7 Å². The van der Waals surface area contributed by atoms with E-state index in [1.807, 2.05) is 25.1 Å². The van der Waals surface area contributed by atoms with Gasteiger partial charge >= 0.3 is 0 Å². The van der Waals surface area contributed by atoms with Gasteiger partial charge in [0.2, 0.25) is 0 Å². The predicted molar refractivity (Wildman–Crippen MR) is 135 cm³/mol. The summed E-state index contributed by atoms with van der Waals surface area (Å²) in [5, 5.41) is 11.8. The zero-order valence-corrected chi connectivity index (χ0v) is 21.3. The zero-order valence-electron chi connectivity index (χ0n) is 18.1. The molecule has 0 aromatic heterocycles. The number of nitro groups is 1. The van der Waals surface area contributed by atoms with Crippen LogP contribution in [0.2, 0.25) is 0 Å². The molecule has 0 N–H and O–H groups in total. The Balaban J connectivity index is 1.89. The number of hydrogen-bond donors (Lipinski definition) is 0. The molecule has 4 rings (SSSR count). The van der Waals surface area contributed by atoms with Crippen molar-refractivity contribution in [1.29, 1.82) is 0 Å². The number of para-hydroxylation sites is 1. The van der Waals surface area contributed by atoms with Gasteiger partial charge in [0.15, 0.2) is 4.90 Å². The number of aryl methyl sites for hydroxylation is 1. The van der Waals surface area contributed by atoms with E-state index < -0.39 is 48.4 Å². The molecule has 0 fully saturated rings. The topological polar surface area (TPSA) is 97.6 Å². The van der Waals surface area contributed by atoms with Crippen LogP contribution in [0.3, 0.4) is 0 Å². The summed E-state index contributed by atoms with van der Waals surface area (Å²) in [6.45, 7) is 1.93. The van der Waals surface area contributed by atoms with Crippen molar-refractivity contribution < 1.29 is 17.6 Å². The van der Waals surface area contributed by atoms with Crippen LogP contribution in [0.25, 0.3) is 0 Å². The lowest BCUT2D eigenvalue weighted by molar-refractivity contribution is -0.387. The molecule has 3 atom stereocenters. The number of nitro benzene ring substituents is 1. The van der Waals surface area contributed by atoms with Gasteiger partial charge in [-0.25, -0.2) is 12.6 Å². The monoisotopic (exact) mass is 560 g/mol. The number of alkyl halides is 1. The molecule has 0 saturated carbocycles. The Morgan fingerprint density at radius 1 is 1.00 bits per heavy atom. The third-order valence-corrected chi connectivity index (χ3v) is 9.64. The van der Waals surface area contributed by atoms with Crippen molar-refractivity contribution in [2.24, 2.45) is 0 Å². The first-order valence-corrected chi connectivity index (χ1v) is 14.0. The average molecular weight is 561 g/mol. The number of halogens is 1. The number of sulfonamides is 1. The van der Waals surface area contributed by atoms with E-state index in [0.29, 0.717) is 15.4 Å². The summed E-state index contributed by atoms with van der Waals surface area (Å²) in [6.07, 6.45) is 1.69. The molecule has 3 aromatic carbocycles. The van der Waals surface area contributed by atoms with Gasteiger partial charge in [-0.15, -0.1) is 0 Å². The molecule has 10 heteroatoms. The van der Waals surface area contributed by atoms with E-state index in [-0.39, 0.29) is 5.33 Å². The maximum absolute atomic E-state index is 13.9. The Morgan fingerprint density at radius 3 is 2.24 bits per heavy atom. The smallest absolute Gasteiger partial charge is 0.258 e. The van der Waals surface area contributed by atoms with Gasteiger partial charge in [-0.1, -0.05) is 82.2 Å². The molecule has 1 heterocycles. The molecule has 0 bridgehead atoms. The van der Waals surface area contributed by atoms with Gasteiger partial charge in [0.05, 0.1) is 27.8 Å². The van der Waals surface area contributed by atoms with Crippen molar-refractivity contribution in [3.63, 3.8) is 0 Å². The highest BCUT2D eigenvalue weighted by molar-refractivity contribution is 9.09. The zero-order chi connectivity index (χ0) is 24.5. The first-order chi connectivity index (χ1) is 16.3. The van der Waals surface area contributed by atoms with Gasteiger partial charge in [0.1, 0.15) is 0 Å². The third-order valence-electron chi connectivity index (χ3n) is 5.55. The molecular weight excluding hydrogens is 540 g/mol. The Kier molecular flexibility index (Phi) is 7.13. The standard InChI is InChI=1S/C24H21BrN2O5S2/c1-17-11-13-20(14-12-17)33(30)22-15-19(16-25)26(24(22)18-7-3-2-4-8-18)34(31,32)23-10-6-5-9-21(23)27(28)29/h2-15,19,24H,16H2,1H3/t19-,24+,33+/m1/s1. The van der Waals surface area contributed by atoms with Crippen LogP contribution >= 0.6 is 15.9 Å². The second-order valence-electron chi connectivity index (χ2n) is 7.75. The van der Waals surface area contributed by atoms with E-state index in [1.54, 1.807) is 42.5 Å². The summed E-state index contributed by atoms with van der Waals surface area (Å²) in [7, 11) is -6.00. The van der Waals surface area contributed by atoms with Crippen molar-refractivity contribution in [3.05, 3.63) is 111 Å². The molecule has 0 aliphatic carbocycles. The Morgan fingerprint density at radius 2 is 1.62 bits per heavy atom. The van der Waals surface area contributed by atoms with Crippen LogP contribution in [0, 0.1) is 17.0 Å². The fourth-order valence-electron chi connectivity index (χ4n) is 3.95. The minimum atomic E-state index is -4.35. The number of nitrogens with zero attached hydrogens (tertiary/aromatic N) is 2. The van der Waals surface area contributed by atoms with Crippen LogP contribution in [0.1, 0.15) is 17.2 Å². The second kappa shape index (κ2) is 9.91. The van der Waals surface area contributed by atoms with Crippen LogP contribution in [-0.2, 0) is 20.8 Å². The number of rotatable bonds is 7. The summed E-state index contributed by atoms with van der Waals surface area (Å²) < 4.78 is 42.8. The van der Waals surface area contributed by atoms with E-state index >= 15 is 0 Å². The highest BCUT2D eigenvalue weighted by Crippen LogP contribution is 2.45. The summed E-state index contributed by atoms with van der Waals surface area (Å²) in [5.74, 6) is 0. The first kappa shape index (κ1) is 24.5. The quantitative estimate of drug-likeness (QED) is 0.227. The van der Waals surface area contributed by atoms with Gasteiger partial charge in [-0.2, -0.15) is 4.31 Å². The molecule has 0 spiro atoms. The lowest BCUT2D eigenvalue weighted by Crippen LogP contribution is -2.39. The summed E-state index contributed by atoms with van der Waals surface area (Å²) in [6, 6.07) is 19.8. The molecule has 34 heavy (non-hydrogen) atoms. The van der Waals surface area contributed by atoms with Gasteiger partial charge < -0.3 is 0 Å². The van der Waals surface area contributed by atoms with Crippen molar-refractivity contribution in [3.8, 4) is 0 Å². The average Bonchev–Trinajstić information content (AvgIpc) is 3.25. The van der Waals surface area contributed by atoms with Gasteiger partial charge in [-0.3, -0.25) is 10.1 Å². The van der Waals surface area contributed by atoms with Gasteiger partial charge in [-0.05, 0) is 30.7 Å². The Labute approximate surface area is 208 Å². The molecule has 0 radical (unpaired) electrons. The molecule has 3 aromatic rings. The Bertz CT molecular complexity index is 1380. The third kappa shape index (κ3) is 4.50. The van der Waals surface area contributed by atoms with Gasteiger partial charge in [0.25, 0.3) is 15.7 Å². The van der Waals surface area contributed by atoms with E-state index in [4.69, 9.17) is 0 Å². The van der Waals surface area contributed by atoms with Crippen LogP contribution in [0.15, 0.2) is 99.6 Å². The van der Waals surface area contributed by atoms with Crippen LogP contribution in [-0.4, -0.2) is 33.2 Å². The van der Waals surface area contributed by atoms with Crippen LogP contribution < -0.4 is 0 Å². The van der Waals surface area contributed by atoms with Gasteiger partial charge in [0, 0.05) is 21.2 Å². The molecule has 0 unspecified atom stereocenters. The SMILES string of the molecule is Cc1ccc([S@](=O)C2=C[C@H](CBr)N(S(=O)(=O)c3ccccc3[N+](=O)[O-])[C@H]2c2ccccc2)cc1. The van der Waals surface area contributed by atoms with E-state index in [1.165, 1.54) is 28.6 Å². The number of hydrogen-bond acceptors (Lipinski definition) is 5. The fourth-order valence-corrected chi connectivity index (χ4v) is 7.98. The fraction of sp³-hybridized carbons (Fsp3) is 0.167. The normalized spacial score (nSPS) is 19.5. The lowest BCUT2D eigenvalue weighted by atomic mass is 10.1. The predicted octanol–water partition coefficient (Wildman–Crippen LogP) is 5.10. The summed E-state index contributed by atoms with van der Waals surface area (Å²) >= 11 is 3.39. The molecule has 1 aliphatic rings. The van der Waals surface area contributed by atoms with E-state index in [2.05, 4.69) is 15.9 Å². The molecule has 0 amide bonds. The van der Waals surface area contributed by atoms with Crippen LogP contribution in [0.5, 0.6) is 0 Å². The highest BCUT2D eigenvalue weighted by atomic mass is 79.9. The van der Waals surface area contributed by atoms with Crippen molar-refractivity contribution in [2.45, 2.75) is 28.8 Å². The molecule has 1 aliphatic heterocycles. The number of benzene rings is 3. The molecule has 7 nitrogen and oxygen atoms in total. The largest absolute Gasteiger partial charge is 0.289 e. The molecular formula is C24H21BrN2O5S2. The highest BCUT2D eigenvalue weighted by Gasteiger charge is 2.47. The Hall–Kier alpha value is -2.66. The minimum Gasteiger partial charge on any atom is -0.258 e. The van der Waals surface area contributed by atoms with Crippen molar-refractivity contribution >= 4 is 42.4 Å². The first-order valence-electron chi connectivity index (χ1n) is 10.3. The minimum absolute atomic E-state index is 0.227. The lowest BCUT2D eigenvalue weighted by Gasteiger charge is -2.30. The maximum Gasteiger partial charge on any atom is 0.289 e. The van der Waals surface area contributed by atoms with E-state index in [0.717, 1.165) is 5.56 Å². The maximum atomic E-state index is 13.9. The van der Waals surface area contributed by atoms with Crippen molar-refractivity contribution in [1.82, 2.24) is 4.31 Å². The van der Waals surface area contributed by atoms with Crippen LogP contribution in [0.4, 0.5) is 5.69 Å².